The van der Waals surface area contributed by atoms with Gasteiger partial charge < -0.3 is 15.2 Å². The highest BCUT2D eigenvalue weighted by Gasteiger charge is 2.39. The van der Waals surface area contributed by atoms with Gasteiger partial charge in [-0.25, -0.2) is 0 Å². The molecule has 1 atom stereocenters. The van der Waals surface area contributed by atoms with E-state index in [1.807, 2.05) is 29.6 Å². The largest absolute Gasteiger partial charge is 0.544 e. The summed E-state index contributed by atoms with van der Waals surface area (Å²) >= 11 is 3.39. The third-order valence-corrected chi connectivity index (χ3v) is 3.67. The Balaban J connectivity index is 2.21. The summed E-state index contributed by atoms with van der Waals surface area (Å²) in [6.07, 6.45) is 2.18. The Hall–Kier alpha value is -0.870. The zero-order chi connectivity index (χ0) is 11.6. The summed E-state index contributed by atoms with van der Waals surface area (Å²) < 4.78 is 0.983. The van der Waals surface area contributed by atoms with Gasteiger partial charge in [0.1, 0.15) is 11.5 Å². The van der Waals surface area contributed by atoms with Gasteiger partial charge in [0.05, 0.1) is 6.54 Å². The van der Waals surface area contributed by atoms with E-state index in [0.29, 0.717) is 12.8 Å². The van der Waals surface area contributed by atoms with Crippen LogP contribution in [0.4, 0.5) is 0 Å². The molecule has 0 saturated carbocycles. The van der Waals surface area contributed by atoms with E-state index < -0.39 is 11.5 Å². The fraction of sp³-hybridized carbons (Fsp3) is 0.417. The number of aliphatic carboxylic acids is 1. The maximum absolute atomic E-state index is 11.3. The molecule has 86 valence electrons. The quantitative estimate of drug-likeness (QED) is 0.838. The van der Waals surface area contributed by atoms with Crippen LogP contribution in [0, 0.1) is 0 Å². The molecule has 0 amide bonds. The number of carboxylic acid groups (broad SMARTS) is 1. The van der Waals surface area contributed by atoms with Crippen LogP contribution in [0.25, 0.3) is 0 Å². The highest BCUT2D eigenvalue weighted by atomic mass is 79.9. The van der Waals surface area contributed by atoms with Crippen molar-refractivity contribution in [1.29, 1.82) is 0 Å². The normalized spacial score (nSPS) is 24.6. The van der Waals surface area contributed by atoms with Gasteiger partial charge >= 0.3 is 0 Å². The van der Waals surface area contributed by atoms with Crippen LogP contribution < -0.4 is 10.4 Å². The van der Waals surface area contributed by atoms with Crippen molar-refractivity contribution in [3.8, 4) is 0 Å². The predicted octanol–water partition coefficient (Wildman–Crippen LogP) is -0.163. The van der Waals surface area contributed by atoms with Crippen LogP contribution in [-0.2, 0) is 11.2 Å². The average molecular weight is 284 g/mol. The van der Waals surface area contributed by atoms with E-state index in [4.69, 9.17) is 0 Å². The Morgan fingerprint density at radius 3 is 2.94 bits per heavy atom. The second kappa shape index (κ2) is 4.55. The van der Waals surface area contributed by atoms with Gasteiger partial charge in [-0.2, -0.15) is 0 Å². The van der Waals surface area contributed by atoms with Gasteiger partial charge in [0.25, 0.3) is 0 Å². The minimum atomic E-state index is -0.940. The molecule has 1 saturated heterocycles. The second-order valence-corrected chi connectivity index (χ2v) is 5.26. The first-order valence-electron chi connectivity index (χ1n) is 5.43. The number of hydrogen-bond acceptors (Lipinski definition) is 2. The van der Waals surface area contributed by atoms with Crippen molar-refractivity contribution >= 4 is 21.9 Å². The third kappa shape index (κ3) is 2.28. The topological polar surface area (TPSA) is 56.7 Å². The molecule has 1 aromatic carbocycles. The standard InChI is InChI=1S/C12H14BrNO2/c13-10-4-1-3-9(7-10)8-12(11(15)16)5-2-6-14-12/h1,3-4,7,14H,2,5-6,8H2,(H,15,16)/t12-/m0/s1. The van der Waals surface area contributed by atoms with Crippen molar-refractivity contribution in [1.82, 2.24) is 0 Å². The van der Waals surface area contributed by atoms with Gasteiger partial charge in [-0.15, -0.1) is 0 Å². The van der Waals surface area contributed by atoms with Crippen molar-refractivity contribution in [2.75, 3.05) is 6.54 Å². The Kier molecular flexibility index (Phi) is 3.30. The molecule has 1 aromatic rings. The minimum Gasteiger partial charge on any atom is -0.544 e. The smallest absolute Gasteiger partial charge is 0.140 e. The lowest BCUT2D eigenvalue weighted by atomic mass is 9.89. The molecule has 0 unspecified atom stereocenters. The number of halogens is 1. The molecule has 0 aromatic heterocycles. The fourth-order valence-corrected chi connectivity index (χ4v) is 2.77. The molecule has 0 spiro atoms. The molecule has 4 heteroatoms. The molecular weight excluding hydrogens is 270 g/mol. The average Bonchev–Trinajstić information content (AvgIpc) is 2.67. The predicted molar refractivity (Wildman–Crippen MR) is 61.6 cm³/mol. The molecule has 0 radical (unpaired) electrons. The van der Waals surface area contributed by atoms with Gasteiger partial charge in [-0.3, -0.25) is 0 Å². The lowest BCUT2D eigenvalue weighted by molar-refractivity contribution is -0.700. The van der Waals surface area contributed by atoms with E-state index >= 15 is 0 Å². The maximum Gasteiger partial charge on any atom is 0.140 e. The maximum atomic E-state index is 11.3. The summed E-state index contributed by atoms with van der Waals surface area (Å²) in [5, 5.41) is 13.2. The summed E-state index contributed by atoms with van der Waals surface area (Å²) in [4.78, 5) is 11.3. The molecule has 1 aliphatic heterocycles. The molecule has 1 fully saturated rings. The number of nitrogens with two attached hydrogens (primary N) is 1. The van der Waals surface area contributed by atoms with E-state index in [1.54, 1.807) is 0 Å². The van der Waals surface area contributed by atoms with Crippen molar-refractivity contribution < 1.29 is 15.2 Å². The van der Waals surface area contributed by atoms with E-state index in [2.05, 4.69) is 15.9 Å². The van der Waals surface area contributed by atoms with Crippen LogP contribution in [0.2, 0.25) is 0 Å². The zero-order valence-corrected chi connectivity index (χ0v) is 10.5. The van der Waals surface area contributed by atoms with Crippen LogP contribution in [0.5, 0.6) is 0 Å². The lowest BCUT2D eigenvalue weighted by Crippen LogP contribution is -2.97. The minimum absolute atomic E-state index is 0.536. The zero-order valence-electron chi connectivity index (χ0n) is 8.91. The number of rotatable bonds is 3. The van der Waals surface area contributed by atoms with Gasteiger partial charge in [-0.1, -0.05) is 28.1 Å². The van der Waals surface area contributed by atoms with Crippen molar-refractivity contribution in [2.45, 2.75) is 24.8 Å². The SMILES string of the molecule is O=C([O-])[C@@]1(Cc2cccc(Br)c2)CCC[NH2+]1. The highest BCUT2D eigenvalue weighted by molar-refractivity contribution is 9.10. The summed E-state index contributed by atoms with van der Waals surface area (Å²) in [6, 6.07) is 7.80. The second-order valence-electron chi connectivity index (χ2n) is 4.35. The van der Waals surface area contributed by atoms with Crippen LogP contribution in [0.15, 0.2) is 28.7 Å². The molecule has 1 heterocycles. The van der Waals surface area contributed by atoms with Gasteiger partial charge in [0, 0.05) is 23.7 Å². The lowest BCUT2D eigenvalue weighted by Gasteiger charge is -2.27. The highest BCUT2D eigenvalue weighted by Crippen LogP contribution is 2.20. The molecule has 3 nitrogen and oxygen atoms in total. The van der Waals surface area contributed by atoms with Crippen LogP contribution in [-0.4, -0.2) is 18.1 Å². The number of carbonyl (C=O) groups excluding carboxylic acids is 1. The Morgan fingerprint density at radius 1 is 1.56 bits per heavy atom. The van der Waals surface area contributed by atoms with E-state index in [0.717, 1.165) is 23.0 Å². The molecular formula is C12H14BrNO2. The van der Waals surface area contributed by atoms with E-state index in [1.165, 1.54) is 0 Å². The van der Waals surface area contributed by atoms with Crippen molar-refractivity contribution in [2.24, 2.45) is 0 Å². The Bertz CT molecular complexity index is 400. The van der Waals surface area contributed by atoms with Crippen LogP contribution in [0.1, 0.15) is 18.4 Å². The molecule has 0 bridgehead atoms. The molecule has 2 N–H and O–H groups in total. The summed E-state index contributed by atoms with van der Waals surface area (Å²) in [5.74, 6) is -0.940. The first-order valence-corrected chi connectivity index (χ1v) is 6.22. The Morgan fingerprint density at radius 2 is 2.38 bits per heavy atom. The third-order valence-electron chi connectivity index (χ3n) is 3.18. The Labute approximate surface area is 103 Å². The van der Waals surface area contributed by atoms with Gasteiger partial charge in [-0.05, 0) is 17.7 Å². The summed E-state index contributed by atoms with van der Waals surface area (Å²) in [5.41, 5.74) is 0.289. The number of carboxylic acids is 1. The molecule has 2 rings (SSSR count). The van der Waals surface area contributed by atoms with Crippen LogP contribution >= 0.6 is 15.9 Å². The molecule has 0 aliphatic carbocycles. The number of hydrogen-bond donors (Lipinski definition) is 1. The first-order chi connectivity index (χ1) is 7.62. The van der Waals surface area contributed by atoms with Crippen LogP contribution in [0.3, 0.4) is 0 Å². The fourth-order valence-electron chi connectivity index (χ4n) is 2.33. The number of benzene rings is 1. The number of quaternary nitrogens is 1. The van der Waals surface area contributed by atoms with E-state index in [-0.39, 0.29) is 0 Å². The summed E-state index contributed by atoms with van der Waals surface area (Å²) in [7, 11) is 0. The first kappa shape index (κ1) is 11.6. The monoisotopic (exact) mass is 283 g/mol. The van der Waals surface area contributed by atoms with Gasteiger partial charge in [0.2, 0.25) is 0 Å². The molecule has 1 aliphatic rings. The number of carbonyl (C=O) groups is 1. The van der Waals surface area contributed by atoms with Crippen molar-refractivity contribution in [3.05, 3.63) is 34.3 Å². The van der Waals surface area contributed by atoms with Gasteiger partial charge in [0.15, 0.2) is 0 Å². The summed E-state index contributed by atoms with van der Waals surface area (Å²) in [6.45, 7) is 0.877. The molecule has 16 heavy (non-hydrogen) atoms. The van der Waals surface area contributed by atoms with E-state index in [9.17, 15) is 9.90 Å². The van der Waals surface area contributed by atoms with Crippen molar-refractivity contribution in [3.63, 3.8) is 0 Å².